The van der Waals surface area contributed by atoms with Crippen LogP contribution in [0.3, 0.4) is 0 Å². The van der Waals surface area contributed by atoms with Crippen LogP contribution in [0, 0.1) is 23.2 Å². The summed E-state index contributed by atoms with van der Waals surface area (Å²) in [6.07, 6.45) is 4.87. The smallest absolute Gasteiger partial charge is 0.336 e. The van der Waals surface area contributed by atoms with Crippen LogP contribution in [0.1, 0.15) is 40.0 Å². The molecule has 0 spiro atoms. The Kier molecular flexibility index (Phi) is 4.45. The number of allylic oxidation sites excluding steroid dienone is 1. The SMILES string of the molecule is CC1=CC[C@H]2[C@H](CCC(=O)C2(C)C)[C@H]1COc1ccc2ccc(=O)oc2c1. The fourth-order valence-corrected chi connectivity index (χ4v) is 4.89. The molecule has 0 amide bonds. The molecule has 1 aromatic carbocycles. The molecular weight excluding hydrogens is 340 g/mol. The Hall–Kier alpha value is -2.36. The quantitative estimate of drug-likeness (QED) is 0.580. The van der Waals surface area contributed by atoms with Crippen LogP contribution < -0.4 is 10.4 Å². The summed E-state index contributed by atoms with van der Waals surface area (Å²) in [6, 6.07) is 8.78. The molecule has 0 radical (unpaired) electrons. The van der Waals surface area contributed by atoms with Gasteiger partial charge in [0.25, 0.3) is 0 Å². The Morgan fingerprint density at radius 3 is 2.78 bits per heavy atom. The first-order valence-electron chi connectivity index (χ1n) is 9.73. The zero-order valence-electron chi connectivity index (χ0n) is 16.2. The Morgan fingerprint density at radius 1 is 1.19 bits per heavy atom. The van der Waals surface area contributed by atoms with Crippen molar-refractivity contribution < 1.29 is 13.9 Å². The molecule has 4 rings (SSSR count). The molecule has 0 unspecified atom stereocenters. The molecule has 3 atom stereocenters. The molecule has 2 aromatic rings. The highest BCUT2D eigenvalue weighted by Crippen LogP contribution is 2.50. The summed E-state index contributed by atoms with van der Waals surface area (Å²) in [6.45, 7) is 6.96. The van der Waals surface area contributed by atoms with Crippen molar-refractivity contribution in [2.75, 3.05) is 6.61 Å². The third-order valence-corrected chi connectivity index (χ3v) is 6.69. The average Bonchev–Trinajstić information content (AvgIpc) is 2.63. The highest BCUT2D eigenvalue weighted by atomic mass is 16.5. The van der Waals surface area contributed by atoms with Crippen molar-refractivity contribution >= 4 is 16.8 Å². The Labute approximate surface area is 159 Å². The van der Waals surface area contributed by atoms with Gasteiger partial charge in [-0.05, 0) is 49.8 Å². The van der Waals surface area contributed by atoms with Crippen molar-refractivity contribution in [3.63, 3.8) is 0 Å². The fraction of sp³-hybridized carbons (Fsp3) is 0.478. The molecule has 1 fully saturated rings. The standard InChI is InChI=1S/C23H26O4/c1-14-4-9-19-17(8-10-21(24)23(19,2)3)18(14)13-26-16-7-5-15-6-11-22(25)27-20(15)12-16/h4-7,11-12,17-19H,8-10,13H2,1-3H3/t17-,18+,19+/m1/s1. The molecule has 27 heavy (non-hydrogen) atoms. The van der Waals surface area contributed by atoms with Crippen LogP contribution in [0.25, 0.3) is 11.0 Å². The first-order valence-corrected chi connectivity index (χ1v) is 9.73. The number of hydrogen-bond acceptors (Lipinski definition) is 4. The highest BCUT2D eigenvalue weighted by molar-refractivity contribution is 5.85. The van der Waals surface area contributed by atoms with E-state index in [-0.39, 0.29) is 11.0 Å². The second kappa shape index (κ2) is 6.66. The third-order valence-electron chi connectivity index (χ3n) is 6.69. The molecule has 2 aliphatic rings. The first kappa shape index (κ1) is 18.0. The summed E-state index contributed by atoms with van der Waals surface area (Å²) in [5, 5.41) is 0.878. The summed E-state index contributed by atoms with van der Waals surface area (Å²) in [5.41, 5.74) is 1.28. The van der Waals surface area contributed by atoms with Crippen LogP contribution in [-0.2, 0) is 4.79 Å². The van der Waals surface area contributed by atoms with Crippen molar-refractivity contribution in [2.45, 2.75) is 40.0 Å². The second-order valence-corrected chi connectivity index (χ2v) is 8.51. The van der Waals surface area contributed by atoms with Crippen LogP contribution >= 0.6 is 0 Å². The van der Waals surface area contributed by atoms with Gasteiger partial charge in [-0.1, -0.05) is 25.5 Å². The lowest BCUT2D eigenvalue weighted by Crippen LogP contribution is -2.47. The predicted molar refractivity (Wildman–Crippen MR) is 105 cm³/mol. The van der Waals surface area contributed by atoms with E-state index >= 15 is 0 Å². The minimum absolute atomic E-state index is 0.259. The number of rotatable bonds is 3. The van der Waals surface area contributed by atoms with Gasteiger partial charge in [-0.15, -0.1) is 0 Å². The van der Waals surface area contributed by atoms with Gasteiger partial charge in [0, 0.05) is 35.3 Å². The molecule has 142 valence electrons. The van der Waals surface area contributed by atoms with Gasteiger partial charge in [0.15, 0.2) is 0 Å². The van der Waals surface area contributed by atoms with Crippen LogP contribution in [0.4, 0.5) is 0 Å². The summed E-state index contributed by atoms with van der Waals surface area (Å²) >= 11 is 0. The molecule has 0 bridgehead atoms. The van der Waals surface area contributed by atoms with E-state index in [4.69, 9.17) is 9.15 Å². The van der Waals surface area contributed by atoms with Gasteiger partial charge in [0.2, 0.25) is 0 Å². The van der Waals surface area contributed by atoms with Crippen molar-refractivity contribution in [1.29, 1.82) is 0 Å². The summed E-state index contributed by atoms with van der Waals surface area (Å²) in [4.78, 5) is 23.8. The maximum atomic E-state index is 12.4. The van der Waals surface area contributed by atoms with E-state index in [2.05, 4.69) is 26.8 Å². The van der Waals surface area contributed by atoms with Gasteiger partial charge < -0.3 is 9.15 Å². The first-order chi connectivity index (χ1) is 12.9. The zero-order valence-corrected chi connectivity index (χ0v) is 16.2. The third kappa shape index (κ3) is 3.22. The number of fused-ring (bicyclic) bond motifs is 2. The van der Waals surface area contributed by atoms with Crippen LogP contribution in [0.15, 0.2) is 51.2 Å². The molecule has 0 saturated heterocycles. The normalized spacial score (nSPS) is 27.1. The lowest BCUT2D eigenvalue weighted by Gasteiger charge is -2.48. The molecule has 0 aliphatic heterocycles. The highest BCUT2D eigenvalue weighted by Gasteiger charge is 2.48. The van der Waals surface area contributed by atoms with Crippen molar-refractivity contribution in [1.82, 2.24) is 0 Å². The van der Waals surface area contributed by atoms with Crippen LogP contribution in [0.2, 0.25) is 0 Å². The van der Waals surface area contributed by atoms with E-state index in [1.165, 1.54) is 11.6 Å². The largest absolute Gasteiger partial charge is 0.493 e. The van der Waals surface area contributed by atoms with E-state index in [1.54, 1.807) is 12.1 Å². The number of hydrogen-bond donors (Lipinski definition) is 0. The Morgan fingerprint density at radius 2 is 1.96 bits per heavy atom. The summed E-state index contributed by atoms with van der Waals surface area (Å²) in [5.74, 6) is 2.26. The van der Waals surface area contributed by atoms with Gasteiger partial charge in [-0.25, -0.2) is 4.79 Å². The van der Waals surface area contributed by atoms with Crippen molar-refractivity contribution in [2.24, 2.45) is 23.2 Å². The topological polar surface area (TPSA) is 56.5 Å². The minimum Gasteiger partial charge on any atom is -0.493 e. The minimum atomic E-state index is -0.359. The lowest BCUT2D eigenvalue weighted by atomic mass is 9.56. The average molecular weight is 366 g/mol. The molecule has 0 N–H and O–H groups in total. The van der Waals surface area contributed by atoms with Crippen molar-refractivity contribution in [3.05, 3.63) is 52.4 Å². The maximum absolute atomic E-state index is 12.4. The fourth-order valence-electron chi connectivity index (χ4n) is 4.89. The maximum Gasteiger partial charge on any atom is 0.336 e. The van der Waals surface area contributed by atoms with E-state index in [1.807, 2.05) is 12.1 Å². The summed E-state index contributed by atoms with van der Waals surface area (Å²) in [7, 11) is 0. The Balaban J connectivity index is 1.55. The Bertz CT molecular complexity index is 966. The number of ether oxygens (including phenoxy) is 1. The van der Waals surface area contributed by atoms with E-state index in [9.17, 15) is 9.59 Å². The van der Waals surface area contributed by atoms with Gasteiger partial charge in [0.05, 0.1) is 6.61 Å². The predicted octanol–water partition coefficient (Wildman–Crippen LogP) is 4.76. The van der Waals surface area contributed by atoms with E-state index in [0.29, 0.717) is 47.9 Å². The number of ketones is 1. The van der Waals surface area contributed by atoms with Gasteiger partial charge in [-0.3, -0.25) is 4.79 Å². The lowest BCUT2D eigenvalue weighted by molar-refractivity contribution is -0.136. The number of carbonyl (C=O) groups is 1. The summed E-state index contributed by atoms with van der Waals surface area (Å²) < 4.78 is 11.4. The molecule has 1 saturated carbocycles. The molecule has 4 nitrogen and oxygen atoms in total. The molecule has 2 aliphatic carbocycles. The van der Waals surface area contributed by atoms with E-state index in [0.717, 1.165) is 18.2 Å². The molecular formula is C23H26O4. The van der Waals surface area contributed by atoms with Gasteiger partial charge >= 0.3 is 5.63 Å². The molecule has 1 aromatic heterocycles. The number of carbonyl (C=O) groups excluding carboxylic acids is 1. The van der Waals surface area contributed by atoms with Crippen LogP contribution in [0.5, 0.6) is 5.75 Å². The van der Waals surface area contributed by atoms with Gasteiger partial charge in [0.1, 0.15) is 17.1 Å². The number of benzene rings is 1. The van der Waals surface area contributed by atoms with Crippen molar-refractivity contribution in [3.8, 4) is 5.75 Å². The monoisotopic (exact) mass is 366 g/mol. The number of Topliss-reactive ketones (excluding diaryl/α,β-unsaturated/α-hetero) is 1. The second-order valence-electron chi connectivity index (χ2n) is 8.51. The van der Waals surface area contributed by atoms with Crippen LogP contribution in [-0.4, -0.2) is 12.4 Å². The zero-order chi connectivity index (χ0) is 19.2. The van der Waals surface area contributed by atoms with Gasteiger partial charge in [-0.2, -0.15) is 0 Å². The molecule has 1 heterocycles. The molecule has 4 heteroatoms. The van der Waals surface area contributed by atoms with E-state index < -0.39 is 0 Å².